The lowest BCUT2D eigenvalue weighted by molar-refractivity contribution is -0.148. The van der Waals surface area contributed by atoms with E-state index in [1.165, 1.54) is 0 Å². The summed E-state index contributed by atoms with van der Waals surface area (Å²) in [5, 5.41) is 2.87. The second-order valence-corrected chi connectivity index (χ2v) is 6.88. The zero-order chi connectivity index (χ0) is 19.8. The average Bonchev–Trinajstić information content (AvgIpc) is 2.60. The maximum atomic E-state index is 12.3. The molecule has 1 unspecified atom stereocenters. The van der Waals surface area contributed by atoms with Gasteiger partial charge in [0.1, 0.15) is 5.75 Å². The van der Waals surface area contributed by atoms with Gasteiger partial charge < -0.3 is 14.8 Å². The molecule has 2 aromatic carbocycles. The number of benzene rings is 2. The van der Waals surface area contributed by atoms with Crippen molar-refractivity contribution in [2.75, 3.05) is 6.61 Å². The Kier molecular flexibility index (Phi) is 7.41. The number of hydrogen-bond donors (Lipinski definition) is 1. The van der Waals surface area contributed by atoms with Gasteiger partial charge >= 0.3 is 5.97 Å². The Morgan fingerprint density at radius 2 is 1.48 bits per heavy atom. The van der Waals surface area contributed by atoms with Crippen molar-refractivity contribution in [2.45, 2.75) is 46.3 Å². The molecule has 0 fully saturated rings. The molecule has 1 amide bonds. The van der Waals surface area contributed by atoms with E-state index < -0.39 is 6.04 Å². The maximum absolute atomic E-state index is 12.3. The van der Waals surface area contributed by atoms with Gasteiger partial charge in [-0.05, 0) is 45.4 Å². The fourth-order valence-electron chi connectivity index (χ4n) is 2.55. The van der Waals surface area contributed by atoms with Gasteiger partial charge in [0, 0.05) is 0 Å². The van der Waals surface area contributed by atoms with E-state index in [0.29, 0.717) is 5.75 Å². The van der Waals surface area contributed by atoms with Crippen molar-refractivity contribution >= 4 is 11.9 Å². The Balaban J connectivity index is 2.01. The SMILES string of the molecule is Cc1ccc(OCC(=O)NC(CC(=O)OC(C)C)c2ccc(C)cc2)cc1. The van der Waals surface area contributed by atoms with E-state index in [4.69, 9.17) is 9.47 Å². The lowest BCUT2D eigenvalue weighted by Crippen LogP contribution is -2.34. The van der Waals surface area contributed by atoms with Gasteiger partial charge in [0.2, 0.25) is 0 Å². The highest BCUT2D eigenvalue weighted by molar-refractivity contribution is 5.79. The fraction of sp³-hybridized carbons (Fsp3) is 0.364. The molecule has 0 aliphatic rings. The third-order valence-electron chi connectivity index (χ3n) is 3.94. The first-order valence-electron chi connectivity index (χ1n) is 9.08. The van der Waals surface area contributed by atoms with Crippen LogP contribution in [0.3, 0.4) is 0 Å². The van der Waals surface area contributed by atoms with Crippen molar-refractivity contribution in [2.24, 2.45) is 0 Å². The van der Waals surface area contributed by atoms with Crippen LogP contribution in [-0.2, 0) is 14.3 Å². The molecule has 0 aliphatic carbocycles. The van der Waals surface area contributed by atoms with Gasteiger partial charge in [-0.15, -0.1) is 0 Å². The Labute approximate surface area is 160 Å². The van der Waals surface area contributed by atoms with Crippen LogP contribution in [0, 0.1) is 13.8 Å². The minimum Gasteiger partial charge on any atom is -0.484 e. The monoisotopic (exact) mass is 369 g/mol. The summed E-state index contributed by atoms with van der Waals surface area (Å²) < 4.78 is 10.7. The van der Waals surface area contributed by atoms with Crippen molar-refractivity contribution in [1.29, 1.82) is 0 Å². The summed E-state index contributed by atoms with van der Waals surface area (Å²) in [5.41, 5.74) is 3.08. The number of rotatable bonds is 8. The van der Waals surface area contributed by atoms with Crippen LogP contribution in [0.2, 0.25) is 0 Å². The first kappa shape index (κ1) is 20.5. The van der Waals surface area contributed by atoms with Gasteiger partial charge in [0.05, 0.1) is 18.6 Å². The summed E-state index contributed by atoms with van der Waals surface area (Å²) in [5.74, 6) is -0.0179. The quantitative estimate of drug-likeness (QED) is 0.717. The summed E-state index contributed by atoms with van der Waals surface area (Å²) in [4.78, 5) is 24.4. The molecule has 0 saturated heterocycles. The largest absolute Gasteiger partial charge is 0.484 e. The molecular weight excluding hydrogens is 342 g/mol. The first-order chi connectivity index (χ1) is 12.8. The summed E-state index contributed by atoms with van der Waals surface area (Å²) >= 11 is 0. The van der Waals surface area contributed by atoms with E-state index in [2.05, 4.69) is 5.32 Å². The zero-order valence-electron chi connectivity index (χ0n) is 16.3. The minimum absolute atomic E-state index is 0.0670. The lowest BCUT2D eigenvalue weighted by Gasteiger charge is -2.20. The number of amides is 1. The number of esters is 1. The number of hydrogen-bond acceptors (Lipinski definition) is 4. The van der Waals surface area contributed by atoms with Crippen molar-refractivity contribution in [3.63, 3.8) is 0 Å². The molecule has 0 spiro atoms. The molecule has 0 aliphatic heterocycles. The van der Waals surface area contributed by atoms with E-state index in [1.807, 2.05) is 62.4 Å². The van der Waals surface area contributed by atoms with Gasteiger partial charge in [-0.25, -0.2) is 0 Å². The van der Waals surface area contributed by atoms with Crippen LogP contribution in [0.15, 0.2) is 48.5 Å². The van der Waals surface area contributed by atoms with E-state index in [1.54, 1.807) is 13.8 Å². The number of carbonyl (C=O) groups is 2. The third kappa shape index (κ3) is 7.13. The van der Waals surface area contributed by atoms with Gasteiger partial charge in [-0.2, -0.15) is 0 Å². The third-order valence-corrected chi connectivity index (χ3v) is 3.94. The standard InChI is InChI=1S/C22H27NO4/c1-15(2)27-22(25)13-20(18-9-5-16(3)6-10-18)23-21(24)14-26-19-11-7-17(4)8-12-19/h5-12,15,20H,13-14H2,1-4H3,(H,23,24). The molecule has 0 saturated carbocycles. The molecule has 0 heterocycles. The van der Waals surface area contributed by atoms with Crippen molar-refractivity contribution in [3.05, 3.63) is 65.2 Å². The smallest absolute Gasteiger partial charge is 0.308 e. The molecule has 5 nitrogen and oxygen atoms in total. The average molecular weight is 369 g/mol. The molecule has 1 N–H and O–H groups in total. The maximum Gasteiger partial charge on any atom is 0.308 e. The van der Waals surface area contributed by atoms with Gasteiger partial charge in [0.25, 0.3) is 5.91 Å². The molecule has 27 heavy (non-hydrogen) atoms. The fourth-order valence-corrected chi connectivity index (χ4v) is 2.55. The van der Waals surface area contributed by atoms with Gasteiger partial charge in [-0.1, -0.05) is 47.5 Å². The first-order valence-corrected chi connectivity index (χ1v) is 9.08. The number of carbonyl (C=O) groups excluding carboxylic acids is 2. The van der Waals surface area contributed by atoms with Crippen LogP contribution in [0.5, 0.6) is 5.75 Å². The Morgan fingerprint density at radius 3 is 2.04 bits per heavy atom. The molecule has 1 atom stereocenters. The van der Waals surface area contributed by atoms with E-state index in [-0.39, 0.29) is 31.0 Å². The molecule has 0 aromatic heterocycles. The summed E-state index contributed by atoms with van der Waals surface area (Å²) in [6.45, 7) is 7.45. The van der Waals surface area contributed by atoms with Crippen LogP contribution < -0.4 is 10.1 Å². The van der Waals surface area contributed by atoms with E-state index in [9.17, 15) is 9.59 Å². The number of aryl methyl sites for hydroxylation is 2. The predicted molar refractivity (Wildman–Crippen MR) is 105 cm³/mol. The summed E-state index contributed by atoms with van der Waals surface area (Å²) in [7, 11) is 0. The molecule has 5 heteroatoms. The lowest BCUT2D eigenvalue weighted by atomic mass is 10.0. The van der Waals surface area contributed by atoms with Crippen LogP contribution in [0.4, 0.5) is 0 Å². The Hall–Kier alpha value is -2.82. The van der Waals surface area contributed by atoms with E-state index in [0.717, 1.165) is 16.7 Å². The van der Waals surface area contributed by atoms with Crippen LogP contribution >= 0.6 is 0 Å². The summed E-state index contributed by atoms with van der Waals surface area (Å²) in [6, 6.07) is 14.7. The van der Waals surface area contributed by atoms with Gasteiger partial charge in [0.15, 0.2) is 6.61 Å². The number of nitrogens with one attached hydrogen (secondary N) is 1. The summed E-state index contributed by atoms with van der Waals surface area (Å²) in [6.07, 6.45) is -0.130. The van der Waals surface area contributed by atoms with Crippen LogP contribution in [-0.4, -0.2) is 24.6 Å². The second kappa shape index (κ2) is 9.76. The molecule has 2 aromatic rings. The second-order valence-electron chi connectivity index (χ2n) is 6.88. The molecule has 0 radical (unpaired) electrons. The highest BCUT2D eigenvalue weighted by Crippen LogP contribution is 2.19. The van der Waals surface area contributed by atoms with Crippen molar-refractivity contribution in [1.82, 2.24) is 5.32 Å². The van der Waals surface area contributed by atoms with Crippen molar-refractivity contribution in [3.8, 4) is 5.75 Å². The van der Waals surface area contributed by atoms with Crippen LogP contribution in [0.1, 0.15) is 43.0 Å². The topological polar surface area (TPSA) is 64.6 Å². The van der Waals surface area contributed by atoms with Gasteiger partial charge in [-0.3, -0.25) is 9.59 Å². The molecule has 144 valence electrons. The Bertz CT molecular complexity index is 751. The molecule has 2 rings (SSSR count). The molecular formula is C22H27NO4. The Morgan fingerprint density at radius 1 is 0.926 bits per heavy atom. The zero-order valence-corrected chi connectivity index (χ0v) is 16.3. The normalized spacial score (nSPS) is 11.7. The number of ether oxygens (including phenoxy) is 2. The predicted octanol–water partition coefficient (Wildman–Crippen LogP) is 3.88. The van der Waals surface area contributed by atoms with E-state index >= 15 is 0 Å². The van der Waals surface area contributed by atoms with Crippen molar-refractivity contribution < 1.29 is 19.1 Å². The highest BCUT2D eigenvalue weighted by Gasteiger charge is 2.20. The highest BCUT2D eigenvalue weighted by atomic mass is 16.5. The molecule has 0 bridgehead atoms. The van der Waals surface area contributed by atoms with Crippen LogP contribution in [0.25, 0.3) is 0 Å². The minimum atomic E-state index is -0.467.